The zero-order valence-electron chi connectivity index (χ0n) is 19.9. The number of carbonyl (C=O) groups excluding carboxylic acids is 2. The fraction of sp³-hybridized carbons (Fsp3) is 0.407. The first-order valence-corrected chi connectivity index (χ1v) is 12.0. The number of rotatable bonds is 9. The summed E-state index contributed by atoms with van der Waals surface area (Å²) in [6.45, 7) is 5.77. The van der Waals surface area contributed by atoms with Gasteiger partial charge in [-0.15, -0.1) is 0 Å². The summed E-state index contributed by atoms with van der Waals surface area (Å²) in [4.78, 5) is 42.8. The maximum atomic E-state index is 13.0. The molecule has 0 saturated heterocycles. The van der Waals surface area contributed by atoms with E-state index in [0.29, 0.717) is 22.6 Å². The third kappa shape index (κ3) is 5.19. The van der Waals surface area contributed by atoms with Gasteiger partial charge in [0.05, 0.1) is 17.3 Å². The Bertz CT molecular complexity index is 1260. The van der Waals surface area contributed by atoms with Gasteiger partial charge in [0.15, 0.2) is 6.10 Å². The van der Waals surface area contributed by atoms with Gasteiger partial charge in [-0.3, -0.25) is 19.0 Å². The highest BCUT2D eigenvalue weighted by Gasteiger charge is 2.28. The zero-order valence-corrected chi connectivity index (χ0v) is 19.9. The second-order valence-electron chi connectivity index (χ2n) is 8.97. The third-order valence-corrected chi connectivity index (χ3v) is 6.38. The molecule has 1 amide bonds. The normalized spacial score (nSPS) is 15.0. The number of anilines is 1. The molecular weight excluding hydrogens is 430 g/mol. The summed E-state index contributed by atoms with van der Waals surface area (Å²) in [7, 11) is 0. The molecule has 0 aliphatic heterocycles. The molecule has 178 valence electrons. The number of carbonyl (C=O) groups is 2. The molecule has 7 nitrogen and oxygen atoms in total. The maximum absolute atomic E-state index is 13.0. The Morgan fingerprint density at radius 2 is 1.82 bits per heavy atom. The van der Waals surface area contributed by atoms with Crippen molar-refractivity contribution >= 4 is 28.5 Å². The molecule has 0 bridgehead atoms. The Hall–Kier alpha value is -3.48. The number of amides is 1. The van der Waals surface area contributed by atoms with Crippen molar-refractivity contribution < 1.29 is 14.3 Å². The standard InChI is InChI=1S/C27H31N3O4/c1-4-17(2)20-9-5-7-11-22(20)29-26(32)18(3)34-25(31)16-15-24-28-23-12-8-6-10-21(23)27(33)30(24)19-13-14-19/h5-12,17-19H,4,13-16H2,1-3H3,(H,29,32). The molecule has 34 heavy (non-hydrogen) atoms. The smallest absolute Gasteiger partial charge is 0.307 e. The van der Waals surface area contributed by atoms with E-state index < -0.39 is 12.1 Å². The van der Waals surface area contributed by atoms with E-state index in [1.54, 1.807) is 23.6 Å². The van der Waals surface area contributed by atoms with Gasteiger partial charge < -0.3 is 10.1 Å². The minimum atomic E-state index is -0.937. The van der Waals surface area contributed by atoms with Crippen molar-refractivity contribution in [1.29, 1.82) is 0 Å². The molecule has 2 unspecified atom stereocenters. The summed E-state index contributed by atoms with van der Waals surface area (Å²) in [5, 5.41) is 3.48. The minimum Gasteiger partial charge on any atom is -0.453 e. The average molecular weight is 462 g/mol. The number of fused-ring (bicyclic) bond motifs is 1. The van der Waals surface area contributed by atoms with Gasteiger partial charge in [0.25, 0.3) is 11.5 Å². The van der Waals surface area contributed by atoms with Crippen molar-refractivity contribution in [2.24, 2.45) is 0 Å². The summed E-state index contributed by atoms with van der Waals surface area (Å²) in [5.41, 5.74) is 2.35. The lowest BCUT2D eigenvalue weighted by atomic mass is 9.97. The lowest BCUT2D eigenvalue weighted by Gasteiger charge is -2.18. The van der Waals surface area contributed by atoms with Crippen LogP contribution in [-0.2, 0) is 20.7 Å². The number of hydrogen-bond acceptors (Lipinski definition) is 5. The molecule has 1 fully saturated rings. The molecular formula is C27H31N3O4. The van der Waals surface area contributed by atoms with Gasteiger partial charge in [-0.05, 0) is 55.9 Å². The molecule has 1 aliphatic carbocycles. The van der Waals surface area contributed by atoms with Crippen LogP contribution in [0.5, 0.6) is 0 Å². The number of nitrogens with one attached hydrogen (secondary N) is 1. The first-order chi connectivity index (χ1) is 16.4. The number of para-hydroxylation sites is 2. The van der Waals surface area contributed by atoms with E-state index in [-0.39, 0.29) is 30.3 Å². The van der Waals surface area contributed by atoms with Crippen molar-refractivity contribution in [1.82, 2.24) is 9.55 Å². The van der Waals surface area contributed by atoms with Crippen LogP contribution in [0.25, 0.3) is 10.9 Å². The summed E-state index contributed by atoms with van der Waals surface area (Å²) in [6, 6.07) is 15.1. The van der Waals surface area contributed by atoms with E-state index in [0.717, 1.165) is 30.5 Å². The van der Waals surface area contributed by atoms with E-state index in [1.807, 2.05) is 36.4 Å². The van der Waals surface area contributed by atoms with Gasteiger partial charge in [0.1, 0.15) is 5.82 Å². The van der Waals surface area contributed by atoms with Crippen LogP contribution in [0, 0.1) is 0 Å². The number of aromatic nitrogens is 2. The first-order valence-electron chi connectivity index (χ1n) is 12.0. The van der Waals surface area contributed by atoms with Crippen LogP contribution in [0.15, 0.2) is 53.3 Å². The number of benzene rings is 2. The van der Waals surface area contributed by atoms with Crippen LogP contribution < -0.4 is 10.9 Å². The first kappa shape index (κ1) is 23.7. The number of esters is 1. The fourth-order valence-corrected chi connectivity index (χ4v) is 4.10. The lowest BCUT2D eigenvalue weighted by molar-refractivity contribution is -0.153. The SMILES string of the molecule is CCC(C)c1ccccc1NC(=O)C(C)OC(=O)CCc1nc2ccccc2c(=O)n1C1CC1. The highest BCUT2D eigenvalue weighted by atomic mass is 16.5. The predicted molar refractivity (Wildman–Crippen MR) is 132 cm³/mol. The Morgan fingerprint density at radius 3 is 2.56 bits per heavy atom. The van der Waals surface area contributed by atoms with Crippen molar-refractivity contribution in [2.75, 3.05) is 5.32 Å². The zero-order chi connectivity index (χ0) is 24.2. The second kappa shape index (κ2) is 10.2. The van der Waals surface area contributed by atoms with Crippen LogP contribution in [0.4, 0.5) is 5.69 Å². The molecule has 0 radical (unpaired) electrons. The van der Waals surface area contributed by atoms with Crippen LogP contribution in [-0.4, -0.2) is 27.5 Å². The minimum absolute atomic E-state index is 0.0403. The second-order valence-corrected chi connectivity index (χ2v) is 8.97. The molecule has 3 aromatic rings. The molecule has 1 heterocycles. The van der Waals surface area contributed by atoms with E-state index in [9.17, 15) is 14.4 Å². The molecule has 2 atom stereocenters. The molecule has 2 aromatic carbocycles. The number of nitrogens with zero attached hydrogens (tertiary/aromatic N) is 2. The topological polar surface area (TPSA) is 90.3 Å². The molecule has 1 saturated carbocycles. The molecule has 1 N–H and O–H groups in total. The summed E-state index contributed by atoms with van der Waals surface area (Å²) < 4.78 is 7.12. The van der Waals surface area contributed by atoms with E-state index in [2.05, 4.69) is 24.1 Å². The van der Waals surface area contributed by atoms with Crippen molar-refractivity contribution in [2.45, 2.75) is 70.9 Å². The van der Waals surface area contributed by atoms with Gasteiger partial charge in [-0.1, -0.05) is 44.2 Å². The van der Waals surface area contributed by atoms with E-state index in [1.165, 1.54) is 0 Å². The van der Waals surface area contributed by atoms with Crippen molar-refractivity contribution in [3.8, 4) is 0 Å². The van der Waals surface area contributed by atoms with Crippen LogP contribution in [0.2, 0.25) is 0 Å². The quantitative estimate of drug-likeness (QED) is 0.465. The third-order valence-electron chi connectivity index (χ3n) is 6.38. The highest BCUT2D eigenvalue weighted by Crippen LogP contribution is 2.35. The van der Waals surface area contributed by atoms with E-state index >= 15 is 0 Å². The van der Waals surface area contributed by atoms with Gasteiger partial charge in [0.2, 0.25) is 0 Å². The summed E-state index contributed by atoms with van der Waals surface area (Å²) in [6.07, 6.45) is 2.21. The highest BCUT2D eigenvalue weighted by molar-refractivity contribution is 5.95. The van der Waals surface area contributed by atoms with Crippen LogP contribution in [0.3, 0.4) is 0 Å². The monoisotopic (exact) mass is 461 g/mol. The van der Waals surface area contributed by atoms with Gasteiger partial charge in [-0.2, -0.15) is 0 Å². The summed E-state index contributed by atoms with van der Waals surface area (Å²) >= 11 is 0. The molecule has 1 aliphatic rings. The fourth-order valence-electron chi connectivity index (χ4n) is 4.10. The Balaban J connectivity index is 1.40. The molecule has 4 rings (SSSR count). The average Bonchev–Trinajstić information content (AvgIpc) is 3.67. The Kier molecular flexibility index (Phi) is 7.10. The van der Waals surface area contributed by atoms with Gasteiger partial charge in [-0.25, -0.2) is 4.98 Å². The predicted octanol–water partition coefficient (Wildman–Crippen LogP) is 4.75. The van der Waals surface area contributed by atoms with E-state index in [4.69, 9.17) is 4.74 Å². The number of aryl methyl sites for hydroxylation is 1. The molecule has 7 heteroatoms. The molecule has 1 aromatic heterocycles. The lowest BCUT2D eigenvalue weighted by Crippen LogP contribution is -2.31. The molecule has 0 spiro atoms. The summed E-state index contributed by atoms with van der Waals surface area (Å²) in [5.74, 6) is 0.0149. The maximum Gasteiger partial charge on any atom is 0.307 e. The Morgan fingerprint density at radius 1 is 1.12 bits per heavy atom. The number of ether oxygens (including phenoxy) is 1. The number of hydrogen-bond donors (Lipinski definition) is 1. The van der Waals surface area contributed by atoms with Crippen LogP contribution >= 0.6 is 0 Å². The van der Waals surface area contributed by atoms with Gasteiger partial charge in [0, 0.05) is 18.2 Å². The van der Waals surface area contributed by atoms with Crippen molar-refractivity contribution in [3.05, 3.63) is 70.3 Å². The van der Waals surface area contributed by atoms with Gasteiger partial charge >= 0.3 is 5.97 Å². The Labute approximate surface area is 199 Å². The largest absolute Gasteiger partial charge is 0.453 e. The van der Waals surface area contributed by atoms with Crippen molar-refractivity contribution in [3.63, 3.8) is 0 Å². The van der Waals surface area contributed by atoms with Crippen LogP contribution in [0.1, 0.15) is 69.8 Å².